The molecule has 0 saturated heterocycles. The SMILES string of the molecule is OC(CSc1ccc(Br)cc1)Cc1cc(F)cc(F)c1. The van der Waals surface area contributed by atoms with Crippen molar-refractivity contribution < 1.29 is 13.9 Å². The van der Waals surface area contributed by atoms with Crippen LogP contribution in [0.5, 0.6) is 0 Å². The minimum Gasteiger partial charge on any atom is -0.392 e. The molecule has 0 aromatic heterocycles. The Morgan fingerprint density at radius 1 is 1.05 bits per heavy atom. The van der Waals surface area contributed by atoms with Crippen LogP contribution in [0, 0.1) is 11.6 Å². The summed E-state index contributed by atoms with van der Waals surface area (Å²) >= 11 is 4.86. The smallest absolute Gasteiger partial charge is 0.126 e. The number of hydrogen-bond acceptors (Lipinski definition) is 2. The third kappa shape index (κ3) is 4.89. The molecular weight excluding hydrogens is 346 g/mol. The Bertz CT molecular complexity index is 554. The second-order valence-electron chi connectivity index (χ2n) is 4.40. The summed E-state index contributed by atoms with van der Waals surface area (Å²) in [5.41, 5.74) is 0.464. The van der Waals surface area contributed by atoms with Gasteiger partial charge in [0.15, 0.2) is 0 Å². The number of aliphatic hydroxyl groups is 1. The fraction of sp³-hybridized carbons (Fsp3) is 0.200. The van der Waals surface area contributed by atoms with E-state index >= 15 is 0 Å². The van der Waals surface area contributed by atoms with E-state index in [4.69, 9.17) is 0 Å². The lowest BCUT2D eigenvalue weighted by molar-refractivity contribution is 0.200. The molecule has 0 aliphatic heterocycles. The average molecular weight is 359 g/mol. The van der Waals surface area contributed by atoms with Gasteiger partial charge in [-0.3, -0.25) is 0 Å². The van der Waals surface area contributed by atoms with E-state index < -0.39 is 17.7 Å². The van der Waals surface area contributed by atoms with Crippen LogP contribution in [0.3, 0.4) is 0 Å². The van der Waals surface area contributed by atoms with Crippen LogP contribution in [0.15, 0.2) is 51.8 Å². The van der Waals surface area contributed by atoms with Crippen molar-refractivity contribution in [3.63, 3.8) is 0 Å². The maximum atomic E-state index is 13.0. The minimum atomic E-state index is -0.648. The maximum Gasteiger partial charge on any atom is 0.126 e. The van der Waals surface area contributed by atoms with Gasteiger partial charge in [-0.05, 0) is 48.4 Å². The number of thioether (sulfide) groups is 1. The van der Waals surface area contributed by atoms with Crippen molar-refractivity contribution in [3.05, 3.63) is 64.1 Å². The van der Waals surface area contributed by atoms with Crippen molar-refractivity contribution in [2.45, 2.75) is 17.4 Å². The zero-order valence-corrected chi connectivity index (χ0v) is 12.9. The molecule has 0 fully saturated rings. The van der Waals surface area contributed by atoms with Crippen LogP contribution in [0.2, 0.25) is 0 Å². The molecule has 0 amide bonds. The molecule has 1 unspecified atom stereocenters. The van der Waals surface area contributed by atoms with E-state index in [0.29, 0.717) is 11.3 Å². The molecule has 106 valence electrons. The summed E-state index contributed by atoms with van der Waals surface area (Å²) in [5.74, 6) is -0.764. The standard InChI is InChI=1S/C15H13BrF2OS/c16-11-1-3-15(4-2-11)20-9-14(19)7-10-5-12(17)8-13(18)6-10/h1-6,8,14,19H,7,9H2. The van der Waals surface area contributed by atoms with E-state index in [2.05, 4.69) is 15.9 Å². The Morgan fingerprint density at radius 2 is 1.65 bits per heavy atom. The molecule has 0 saturated carbocycles. The lowest BCUT2D eigenvalue weighted by Gasteiger charge is -2.10. The highest BCUT2D eigenvalue weighted by Crippen LogP contribution is 2.22. The molecule has 0 spiro atoms. The Balaban J connectivity index is 1.88. The number of benzene rings is 2. The van der Waals surface area contributed by atoms with Gasteiger partial charge in [0.25, 0.3) is 0 Å². The summed E-state index contributed by atoms with van der Waals surface area (Å²) < 4.78 is 27.1. The van der Waals surface area contributed by atoms with Gasteiger partial charge < -0.3 is 5.11 Å². The highest BCUT2D eigenvalue weighted by Gasteiger charge is 2.09. The summed E-state index contributed by atoms with van der Waals surface area (Å²) in [6, 6.07) is 11.1. The Kier molecular flexibility index (Phi) is 5.57. The highest BCUT2D eigenvalue weighted by atomic mass is 79.9. The van der Waals surface area contributed by atoms with Crippen molar-refractivity contribution in [2.75, 3.05) is 5.75 Å². The predicted octanol–water partition coefficient (Wildman–Crippen LogP) is 4.42. The minimum absolute atomic E-state index is 0.234. The normalized spacial score (nSPS) is 12.4. The molecule has 2 aromatic carbocycles. The van der Waals surface area contributed by atoms with Crippen LogP contribution in [0.4, 0.5) is 8.78 Å². The van der Waals surface area contributed by atoms with Gasteiger partial charge in [0.1, 0.15) is 11.6 Å². The molecule has 20 heavy (non-hydrogen) atoms. The van der Waals surface area contributed by atoms with Gasteiger partial charge in [-0.25, -0.2) is 8.78 Å². The Morgan fingerprint density at radius 3 is 2.25 bits per heavy atom. The predicted molar refractivity (Wildman–Crippen MR) is 80.9 cm³/mol. The highest BCUT2D eigenvalue weighted by molar-refractivity contribution is 9.10. The molecule has 1 atom stereocenters. The molecule has 0 radical (unpaired) electrons. The van der Waals surface area contributed by atoms with Crippen molar-refractivity contribution in [1.29, 1.82) is 0 Å². The first-order chi connectivity index (χ1) is 9.52. The van der Waals surface area contributed by atoms with Crippen LogP contribution in [-0.4, -0.2) is 17.0 Å². The van der Waals surface area contributed by atoms with E-state index in [0.717, 1.165) is 15.4 Å². The van der Waals surface area contributed by atoms with E-state index in [1.54, 1.807) is 0 Å². The zero-order valence-electron chi connectivity index (χ0n) is 10.5. The summed E-state index contributed by atoms with van der Waals surface area (Å²) in [7, 11) is 0. The molecule has 5 heteroatoms. The molecule has 1 N–H and O–H groups in total. The summed E-state index contributed by atoms with van der Waals surface area (Å²) in [4.78, 5) is 1.04. The molecule has 0 heterocycles. The molecule has 0 aliphatic carbocycles. The van der Waals surface area contributed by atoms with E-state index in [9.17, 15) is 13.9 Å². The fourth-order valence-electron chi connectivity index (χ4n) is 1.78. The molecule has 0 aliphatic rings. The third-order valence-corrected chi connectivity index (χ3v) is 4.34. The van der Waals surface area contributed by atoms with E-state index in [-0.39, 0.29) is 6.42 Å². The van der Waals surface area contributed by atoms with Crippen molar-refractivity contribution in [1.82, 2.24) is 0 Å². The van der Waals surface area contributed by atoms with Gasteiger partial charge in [-0.1, -0.05) is 15.9 Å². The van der Waals surface area contributed by atoms with Crippen LogP contribution in [-0.2, 0) is 6.42 Å². The first-order valence-corrected chi connectivity index (χ1v) is 7.82. The van der Waals surface area contributed by atoms with E-state index in [1.165, 1.54) is 23.9 Å². The summed E-state index contributed by atoms with van der Waals surface area (Å²) in [5, 5.41) is 9.93. The summed E-state index contributed by atoms with van der Waals surface area (Å²) in [6.07, 6.45) is -0.414. The third-order valence-electron chi connectivity index (χ3n) is 2.65. The van der Waals surface area contributed by atoms with Crippen molar-refractivity contribution in [3.8, 4) is 0 Å². The Labute approximate surface area is 129 Å². The monoisotopic (exact) mass is 358 g/mol. The second kappa shape index (κ2) is 7.20. The fourth-order valence-corrected chi connectivity index (χ4v) is 2.88. The number of rotatable bonds is 5. The molecular formula is C15H13BrF2OS. The number of hydrogen-bond donors (Lipinski definition) is 1. The van der Waals surface area contributed by atoms with Gasteiger partial charge in [-0.2, -0.15) is 0 Å². The first-order valence-electron chi connectivity index (χ1n) is 6.04. The Hall–Kier alpha value is -0.910. The largest absolute Gasteiger partial charge is 0.392 e. The molecule has 2 rings (SSSR count). The van der Waals surface area contributed by atoms with Gasteiger partial charge in [-0.15, -0.1) is 11.8 Å². The van der Waals surface area contributed by atoms with Gasteiger partial charge >= 0.3 is 0 Å². The topological polar surface area (TPSA) is 20.2 Å². The number of aliphatic hydroxyl groups excluding tert-OH is 1. The quantitative estimate of drug-likeness (QED) is 0.798. The van der Waals surface area contributed by atoms with E-state index in [1.807, 2.05) is 24.3 Å². The van der Waals surface area contributed by atoms with Crippen LogP contribution >= 0.6 is 27.7 Å². The molecule has 0 bridgehead atoms. The lowest BCUT2D eigenvalue weighted by Crippen LogP contribution is -2.13. The molecule has 2 aromatic rings. The maximum absolute atomic E-state index is 13.0. The van der Waals surface area contributed by atoms with Gasteiger partial charge in [0, 0.05) is 21.2 Å². The lowest BCUT2D eigenvalue weighted by atomic mass is 10.1. The van der Waals surface area contributed by atoms with Crippen molar-refractivity contribution >= 4 is 27.7 Å². The van der Waals surface area contributed by atoms with Crippen LogP contribution in [0.25, 0.3) is 0 Å². The molecule has 1 nitrogen and oxygen atoms in total. The van der Waals surface area contributed by atoms with Crippen LogP contribution in [0.1, 0.15) is 5.56 Å². The van der Waals surface area contributed by atoms with Gasteiger partial charge in [0.2, 0.25) is 0 Å². The number of halogens is 3. The van der Waals surface area contributed by atoms with Crippen molar-refractivity contribution in [2.24, 2.45) is 0 Å². The second-order valence-corrected chi connectivity index (χ2v) is 6.41. The summed E-state index contributed by atoms with van der Waals surface area (Å²) in [6.45, 7) is 0. The first kappa shape index (κ1) is 15.5. The van der Waals surface area contributed by atoms with Gasteiger partial charge in [0.05, 0.1) is 6.10 Å². The average Bonchev–Trinajstić information content (AvgIpc) is 2.37. The van der Waals surface area contributed by atoms with Crippen LogP contribution < -0.4 is 0 Å². The zero-order chi connectivity index (χ0) is 14.5.